The Kier molecular flexibility index (Phi) is 5.27. The Morgan fingerprint density at radius 3 is 2.65 bits per heavy atom. The summed E-state index contributed by atoms with van der Waals surface area (Å²) in [7, 11) is -4.26. The lowest BCUT2D eigenvalue weighted by molar-refractivity contribution is -0.155. The Balaban J connectivity index is 1.59. The first-order valence-electron chi connectivity index (χ1n) is 8.59. The summed E-state index contributed by atoms with van der Waals surface area (Å²) in [6.07, 6.45) is -4.66. The largest absolute Gasteiger partial charge is 0.480 e. The van der Waals surface area contributed by atoms with Crippen LogP contribution in [0.4, 0.5) is 13.2 Å². The number of hydrogen-bond donors (Lipinski definition) is 2. The van der Waals surface area contributed by atoms with Gasteiger partial charge in [-0.2, -0.15) is 17.9 Å². The van der Waals surface area contributed by atoms with Crippen LogP contribution in [0.2, 0.25) is 0 Å². The molecule has 1 aromatic carbocycles. The van der Waals surface area contributed by atoms with Gasteiger partial charge in [-0.05, 0) is 36.2 Å². The van der Waals surface area contributed by atoms with Gasteiger partial charge in [0.2, 0.25) is 5.76 Å². The predicted octanol–water partition coefficient (Wildman–Crippen LogP) is 4.47. The summed E-state index contributed by atoms with van der Waals surface area (Å²) in [4.78, 5) is 12.0. The number of hydrogen-bond acceptors (Lipinski definition) is 6. The number of aliphatic carboxylic acids is 1. The molecule has 2 atom stereocenters. The van der Waals surface area contributed by atoms with Crippen molar-refractivity contribution in [1.82, 2.24) is 9.88 Å². The maximum Gasteiger partial charge on any atom is 0.452 e. The van der Waals surface area contributed by atoms with Crippen LogP contribution in [0.15, 0.2) is 55.7 Å². The summed E-state index contributed by atoms with van der Waals surface area (Å²) in [5.41, 5.74) is -1.22. The SMILES string of the molecule is O=C(O)[C@]1(NS(=O)(=O)c2ccc(-c3cc(C(F)(F)F)on3)s2)C[C@H]1c1cccc(Br)c1. The van der Waals surface area contributed by atoms with Gasteiger partial charge in [0, 0.05) is 16.5 Å². The van der Waals surface area contributed by atoms with Gasteiger partial charge in [-0.15, -0.1) is 11.3 Å². The maximum atomic E-state index is 12.8. The molecule has 2 aromatic heterocycles. The highest BCUT2D eigenvalue weighted by Gasteiger charge is 2.63. The number of nitrogens with zero attached hydrogens (tertiary/aromatic N) is 1. The normalized spacial score (nSPS) is 21.2. The Morgan fingerprint density at radius 2 is 2.03 bits per heavy atom. The van der Waals surface area contributed by atoms with E-state index in [-0.39, 0.29) is 21.2 Å². The molecular weight excluding hydrogens is 525 g/mol. The van der Waals surface area contributed by atoms with E-state index in [4.69, 9.17) is 0 Å². The summed E-state index contributed by atoms with van der Waals surface area (Å²) in [6.45, 7) is 0. The van der Waals surface area contributed by atoms with E-state index in [1.165, 1.54) is 12.1 Å². The fraction of sp³-hybridized carbons (Fsp3) is 0.222. The molecule has 0 spiro atoms. The van der Waals surface area contributed by atoms with Gasteiger partial charge in [-0.3, -0.25) is 4.79 Å². The third-order valence-electron chi connectivity index (χ3n) is 4.80. The Morgan fingerprint density at radius 1 is 1.29 bits per heavy atom. The molecule has 13 heteroatoms. The highest BCUT2D eigenvalue weighted by Crippen LogP contribution is 2.53. The van der Waals surface area contributed by atoms with Crippen LogP contribution in [0, 0.1) is 0 Å². The zero-order chi connectivity index (χ0) is 22.6. The van der Waals surface area contributed by atoms with Crippen LogP contribution in [0.1, 0.15) is 23.7 Å². The first kappa shape index (κ1) is 22.0. The summed E-state index contributed by atoms with van der Waals surface area (Å²) in [6, 6.07) is 10.0. The first-order chi connectivity index (χ1) is 14.4. The number of sulfonamides is 1. The second kappa shape index (κ2) is 7.43. The minimum Gasteiger partial charge on any atom is -0.480 e. The van der Waals surface area contributed by atoms with Crippen LogP contribution >= 0.6 is 27.3 Å². The molecule has 3 aromatic rings. The van der Waals surface area contributed by atoms with Gasteiger partial charge in [0.15, 0.2) is 0 Å². The van der Waals surface area contributed by atoms with Gasteiger partial charge in [-0.1, -0.05) is 33.2 Å². The van der Waals surface area contributed by atoms with Crippen molar-refractivity contribution in [1.29, 1.82) is 0 Å². The maximum absolute atomic E-state index is 12.8. The minimum absolute atomic E-state index is 0.0640. The van der Waals surface area contributed by atoms with E-state index in [0.717, 1.165) is 4.47 Å². The van der Waals surface area contributed by atoms with Crippen LogP contribution < -0.4 is 4.72 Å². The fourth-order valence-electron chi connectivity index (χ4n) is 3.20. The summed E-state index contributed by atoms with van der Waals surface area (Å²) in [5, 5.41) is 13.0. The molecule has 1 saturated carbocycles. The Labute approximate surface area is 186 Å². The van der Waals surface area contributed by atoms with Crippen molar-refractivity contribution in [3.63, 3.8) is 0 Å². The lowest BCUT2D eigenvalue weighted by Gasteiger charge is -2.14. The first-order valence-corrected chi connectivity index (χ1v) is 11.7. The smallest absolute Gasteiger partial charge is 0.452 e. The number of aromatic nitrogens is 1. The summed E-state index contributed by atoms with van der Waals surface area (Å²) < 4.78 is 70.8. The van der Waals surface area contributed by atoms with E-state index >= 15 is 0 Å². The van der Waals surface area contributed by atoms with Crippen LogP contribution in [0.25, 0.3) is 10.6 Å². The van der Waals surface area contributed by atoms with Gasteiger partial charge in [0.25, 0.3) is 10.0 Å². The average Bonchev–Trinajstić information content (AvgIpc) is 3.04. The van der Waals surface area contributed by atoms with Crippen molar-refractivity contribution in [3.05, 3.63) is 58.3 Å². The number of carbonyl (C=O) groups is 1. The quantitative estimate of drug-likeness (QED) is 0.480. The third kappa shape index (κ3) is 4.14. The molecule has 2 N–H and O–H groups in total. The summed E-state index contributed by atoms with van der Waals surface area (Å²) in [5.74, 6) is -3.19. The molecule has 7 nitrogen and oxygen atoms in total. The minimum atomic E-state index is -4.72. The molecule has 0 unspecified atom stereocenters. The Bertz CT molecular complexity index is 1270. The van der Waals surface area contributed by atoms with Gasteiger partial charge >= 0.3 is 12.1 Å². The molecule has 0 saturated heterocycles. The third-order valence-corrected chi connectivity index (χ3v) is 8.40. The molecule has 0 aliphatic heterocycles. The van der Waals surface area contributed by atoms with E-state index < -0.39 is 39.4 Å². The topological polar surface area (TPSA) is 110 Å². The van der Waals surface area contributed by atoms with Gasteiger partial charge in [0.1, 0.15) is 15.4 Å². The molecule has 1 fully saturated rings. The predicted molar refractivity (Wildman–Crippen MR) is 107 cm³/mol. The average molecular weight is 537 g/mol. The number of carboxylic acid groups (broad SMARTS) is 1. The fourth-order valence-corrected chi connectivity index (χ4v) is 6.28. The lowest BCUT2D eigenvalue weighted by atomic mass is 10.1. The molecule has 0 bridgehead atoms. The van der Waals surface area contributed by atoms with Crippen LogP contribution in [-0.2, 0) is 21.0 Å². The number of alkyl halides is 3. The molecular formula is C18H12BrF3N2O5S2. The van der Waals surface area contributed by atoms with E-state index in [1.54, 1.807) is 24.3 Å². The number of nitrogens with one attached hydrogen (secondary N) is 1. The van der Waals surface area contributed by atoms with E-state index in [9.17, 15) is 31.5 Å². The lowest BCUT2D eigenvalue weighted by Crippen LogP contribution is -2.44. The van der Waals surface area contributed by atoms with Crippen LogP contribution in [0.3, 0.4) is 0 Å². The Hall–Kier alpha value is -2.22. The van der Waals surface area contributed by atoms with E-state index in [0.29, 0.717) is 23.0 Å². The summed E-state index contributed by atoms with van der Waals surface area (Å²) >= 11 is 3.96. The highest BCUT2D eigenvalue weighted by molar-refractivity contribution is 9.10. The van der Waals surface area contributed by atoms with Crippen molar-refractivity contribution in [2.24, 2.45) is 0 Å². The van der Waals surface area contributed by atoms with Crippen molar-refractivity contribution < 1.29 is 36.0 Å². The molecule has 1 aliphatic rings. The standard InChI is InChI=1S/C18H12BrF3N2O5S2/c19-10-3-1-2-9(6-10)11-8-17(11,16(25)26)24-31(27,28)15-5-4-13(30-15)12-7-14(29-23-12)18(20,21)22/h1-7,11,24H,8H2,(H,25,26)/t11-,17-/m0/s1. The van der Waals surface area contributed by atoms with E-state index in [2.05, 4.69) is 30.3 Å². The molecule has 31 heavy (non-hydrogen) atoms. The van der Waals surface area contributed by atoms with Crippen molar-refractivity contribution >= 4 is 43.3 Å². The van der Waals surface area contributed by atoms with Crippen LogP contribution in [-0.4, -0.2) is 30.2 Å². The van der Waals surface area contributed by atoms with Gasteiger partial charge < -0.3 is 9.63 Å². The number of carboxylic acids is 1. The number of halogens is 4. The zero-order valence-corrected chi connectivity index (χ0v) is 18.4. The molecule has 4 rings (SSSR count). The molecule has 0 amide bonds. The number of rotatable bonds is 6. The van der Waals surface area contributed by atoms with Gasteiger partial charge in [0.05, 0.1) is 4.88 Å². The molecule has 1 aliphatic carbocycles. The van der Waals surface area contributed by atoms with E-state index in [1.807, 2.05) is 0 Å². The monoisotopic (exact) mass is 536 g/mol. The van der Waals surface area contributed by atoms with Gasteiger partial charge in [-0.25, -0.2) is 8.42 Å². The zero-order valence-electron chi connectivity index (χ0n) is 15.2. The number of thiophene rings is 1. The molecule has 164 valence electrons. The van der Waals surface area contributed by atoms with Crippen molar-refractivity contribution in [2.45, 2.75) is 28.3 Å². The second-order valence-corrected chi connectivity index (χ2v) is 10.8. The van der Waals surface area contributed by atoms with Crippen molar-refractivity contribution in [3.8, 4) is 10.6 Å². The second-order valence-electron chi connectivity index (χ2n) is 6.89. The van der Waals surface area contributed by atoms with Crippen LogP contribution in [0.5, 0.6) is 0 Å². The highest BCUT2D eigenvalue weighted by atomic mass is 79.9. The van der Waals surface area contributed by atoms with Crippen molar-refractivity contribution in [2.75, 3.05) is 0 Å². The number of benzene rings is 1. The molecule has 0 radical (unpaired) electrons. The molecule has 2 heterocycles.